The van der Waals surface area contributed by atoms with E-state index in [1.807, 2.05) is 19.9 Å². The van der Waals surface area contributed by atoms with Gasteiger partial charge in [0.2, 0.25) is 17.8 Å². The number of benzene rings is 2. The molecule has 0 bridgehead atoms. The van der Waals surface area contributed by atoms with Crippen molar-refractivity contribution in [1.29, 1.82) is 0 Å². The van der Waals surface area contributed by atoms with Crippen molar-refractivity contribution in [3.05, 3.63) is 71.4 Å². The van der Waals surface area contributed by atoms with E-state index in [1.165, 1.54) is 17.8 Å². The van der Waals surface area contributed by atoms with E-state index in [9.17, 15) is 18.0 Å². The van der Waals surface area contributed by atoms with Crippen LogP contribution in [0.5, 0.6) is 5.75 Å². The number of hydrogen-bond acceptors (Lipinski definition) is 13. The molecule has 1 aromatic heterocycles. The van der Waals surface area contributed by atoms with E-state index in [2.05, 4.69) is 55.7 Å². The van der Waals surface area contributed by atoms with Gasteiger partial charge in [0, 0.05) is 26.1 Å². The quantitative estimate of drug-likeness (QED) is 0.0582. The molecule has 324 valence electrons. The van der Waals surface area contributed by atoms with E-state index in [4.69, 9.17) is 30.5 Å². The van der Waals surface area contributed by atoms with Gasteiger partial charge in [-0.05, 0) is 108 Å². The zero-order valence-corrected chi connectivity index (χ0v) is 36.4. The molecule has 1 saturated heterocycles. The first-order chi connectivity index (χ1) is 28.3. The standard InChI is InChI=1S/C42H60ClN7O8S/c1-7-39(51)44-15-20-55-22-24-57-25-23-56-21-16-45-40(52)14-19-50-17-12-32(13-18-50)33-27-37(58-29(2)3)36(26-31(33)6)48-42-46-28-34(43)41(49-42)47-35-10-8-9-11-38(35)59(53,54)30(4)5/h7-11,26-30,32H,1,12-25H2,2-6H3,(H,44,51)(H,45,52)(H2,46,47,48,49). The molecule has 0 spiro atoms. The molecule has 17 heteroatoms. The molecule has 0 radical (unpaired) electrons. The predicted molar refractivity (Wildman–Crippen MR) is 231 cm³/mol. The maximum Gasteiger partial charge on any atom is 0.243 e. The molecule has 59 heavy (non-hydrogen) atoms. The molecule has 4 rings (SSSR count). The van der Waals surface area contributed by atoms with Crippen LogP contribution in [0.1, 0.15) is 64.0 Å². The number of hydrogen-bond donors (Lipinski definition) is 4. The van der Waals surface area contributed by atoms with Crippen molar-refractivity contribution in [2.75, 3.05) is 83.0 Å². The molecule has 4 N–H and O–H groups in total. The third kappa shape index (κ3) is 15.3. The van der Waals surface area contributed by atoms with Gasteiger partial charge >= 0.3 is 0 Å². The number of aryl methyl sites for hydroxylation is 1. The minimum absolute atomic E-state index is 0.000677. The molecular weight excluding hydrogens is 798 g/mol. The Labute approximate surface area is 353 Å². The van der Waals surface area contributed by atoms with Crippen molar-refractivity contribution >= 4 is 56.4 Å². The van der Waals surface area contributed by atoms with Crippen LogP contribution in [0.2, 0.25) is 5.02 Å². The van der Waals surface area contributed by atoms with Crippen molar-refractivity contribution in [1.82, 2.24) is 25.5 Å². The highest BCUT2D eigenvalue weighted by molar-refractivity contribution is 7.92. The van der Waals surface area contributed by atoms with Crippen LogP contribution >= 0.6 is 11.6 Å². The second-order valence-electron chi connectivity index (χ2n) is 14.6. The van der Waals surface area contributed by atoms with Crippen molar-refractivity contribution in [2.45, 2.75) is 76.0 Å². The number of ether oxygens (including phenoxy) is 4. The molecule has 1 aliphatic heterocycles. The van der Waals surface area contributed by atoms with E-state index >= 15 is 0 Å². The van der Waals surface area contributed by atoms with Gasteiger partial charge < -0.3 is 45.1 Å². The lowest BCUT2D eigenvalue weighted by molar-refractivity contribution is -0.121. The van der Waals surface area contributed by atoms with Crippen LogP contribution in [-0.4, -0.2) is 119 Å². The molecule has 1 fully saturated rings. The summed E-state index contributed by atoms with van der Waals surface area (Å²) < 4.78 is 48.8. The minimum Gasteiger partial charge on any atom is -0.489 e. The van der Waals surface area contributed by atoms with Crippen molar-refractivity contribution < 1.29 is 37.0 Å². The van der Waals surface area contributed by atoms with Gasteiger partial charge in [0.25, 0.3) is 0 Å². The highest BCUT2D eigenvalue weighted by atomic mass is 35.5. The van der Waals surface area contributed by atoms with E-state index in [1.54, 1.807) is 38.1 Å². The number of aromatic nitrogens is 2. The number of nitrogens with zero attached hydrogens (tertiary/aromatic N) is 3. The first kappa shape index (κ1) is 47.4. The van der Waals surface area contributed by atoms with Crippen LogP contribution in [0.25, 0.3) is 0 Å². The number of piperidine rings is 1. The number of halogens is 1. The number of carbonyl (C=O) groups excluding carboxylic acids is 2. The van der Waals surface area contributed by atoms with E-state index < -0.39 is 15.1 Å². The topological polar surface area (TPSA) is 182 Å². The minimum atomic E-state index is -3.57. The fourth-order valence-corrected chi connectivity index (χ4v) is 7.71. The Balaban J connectivity index is 1.22. The molecule has 15 nitrogen and oxygen atoms in total. The molecule has 3 aromatic rings. The van der Waals surface area contributed by atoms with E-state index in [0.29, 0.717) is 88.7 Å². The summed E-state index contributed by atoms with van der Waals surface area (Å²) in [5, 5.41) is 11.6. The van der Waals surface area contributed by atoms with Crippen LogP contribution in [0.4, 0.5) is 23.1 Å². The number of sulfone groups is 1. The Morgan fingerprint density at radius 3 is 2.22 bits per heavy atom. The van der Waals surface area contributed by atoms with Gasteiger partial charge in [-0.1, -0.05) is 30.3 Å². The summed E-state index contributed by atoms with van der Waals surface area (Å²) in [6, 6.07) is 10.8. The molecule has 2 heterocycles. The molecule has 0 unspecified atom stereocenters. The largest absolute Gasteiger partial charge is 0.489 e. The third-order valence-electron chi connectivity index (χ3n) is 9.51. The summed E-state index contributed by atoms with van der Waals surface area (Å²) in [7, 11) is -3.57. The molecule has 0 aliphatic carbocycles. The van der Waals surface area contributed by atoms with Gasteiger partial charge in [-0.2, -0.15) is 4.98 Å². The third-order valence-corrected chi connectivity index (χ3v) is 12.0. The number of nitrogens with one attached hydrogen (secondary N) is 4. The molecule has 2 amide bonds. The first-order valence-electron chi connectivity index (χ1n) is 20.1. The molecular formula is C42H60ClN7O8S. The van der Waals surface area contributed by atoms with Gasteiger partial charge in [-0.15, -0.1) is 0 Å². The fourth-order valence-electron chi connectivity index (χ4n) is 6.37. The lowest BCUT2D eigenvalue weighted by Crippen LogP contribution is -2.37. The fraction of sp³-hybridized carbons (Fsp3) is 0.524. The highest BCUT2D eigenvalue weighted by Crippen LogP contribution is 2.38. The second kappa shape index (κ2) is 24.1. The van der Waals surface area contributed by atoms with Gasteiger partial charge in [0.1, 0.15) is 10.8 Å². The predicted octanol–water partition coefficient (Wildman–Crippen LogP) is 5.93. The Hall–Kier alpha value is -4.32. The van der Waals surface area contributed by atoms with E-state index in [-0.39, 0.29) is 39.6 Å². The van der Waals surface area contributed by atoms with Crippen LogP contribution in [0, 0.1) is 6.92 Å². The van der Waals surface area contributed by atoms with Crippen LogP contribution < -0.4 is 26.0 Å². The maximum absolute atomic E-state index is 13.1. The van der Waals surface area contributed by atoms with Crippen molar-refractivity contribution in [3.8, 4) is 5.75 Å². The Kier molecular flexibility index (Phi) is 19.3. The Bertz CT molecular complexity index is 1940. The van der Waals surface area contributed by atoms with Crippen LogP contribution in [-0.2, 0) is 33.6 Å². The molecule has 2 aromatic carbocycles. The summed E-state index contributed by atoms with van der Waals surface area (Å²) >= 11 is 6.49. The van der Waals surface area contributed by atoms with Crippen molar-refractivity contribution in [3.63, 3.8) is 0 Å². The second-order valence-corrected chi connectivity index (χ2v) is 17.5. The Morgan fingerprint density at radius 2 is 1.58 bits per heavy atom. The summed E-state index contributed by atoms with van der Waals surface area (Å²) in [4.78, 5) is 35.1. The van der Waals surface area contributed by atoms with Gasteiger partial charge in [0.15, 0.2) is 15.7 Å². The lowest BCUT2D eigenvalue weighted by atomic mass is 9.86. The van der Waals surface area contributed by atoms with Gasteiger partial charge in [-0.25, -0.2) is 13.4 Å². The summed E-state index contributed by atoms with van der Waals surface area (Å²) in [5.74, 6) is 1.30. The van der Waals surface area contributed by atoms with Crippen LogP contribution in [0.3, 0.4) is 0 Å². The highest BCUT2D eigenvalue weighted by Gasteiger charge is 2.25. The van der Waals surface area contributed by atoms with E-state index in [0.717, 1.165) is 31.5 Å². The SMILES string of the molecule is C=CC(=O)NCCOCCOCCOCCNC(=O)CCN1CCC(c2cc(OC(C)C)c(Nc3ncc(Cl)c(Nc4ccccc4S(=O)(=O)C(C)C)n3)cc2C)CC1. The number of para-hydroxylation sites is 1. The Morgan fingerprint density at radius 1 is 0.932 bits per heavy atom. The number of rotatable bonds is 25. The average molecular weight is 859 g/mol. The normalized spacial score (nSPS) is 13.7. The van der Waals surface area contributed by atoms with Gasteiger partial charge in [0.05, 0.1) is 73.5 Å². The average Bonchev–Trinajstić information content (AvgIpc) is 3.21. The monoisotopic (exact) mass is 857 g/mol. The zero-order chi connectivity index (χ0) is 42.8. The smallest absolute Gasteiger partial charge is 0.243 e. The number of anilines is 4. The molecule has 0 saturated carbocycles. The number of amides is 2. The first-order valence-corrected chi connectivity index (χ1v) is 22.0. The van der Waals surface area contributed by atoms with Gasteiger partial charge in [-0.3, -0.25) is 9.59 Å². The number of carbonyl (C=O) groups is 2. The number of likely N-dealkylation sites (tertiary alicyclic amines) is 1. The summed E-state index contributed by atoms with van der Waals surface area (Å²) in [6.07, 6.45) is 4.92. The summed E-state index contributed by atoms with van der Waals surface area (Å²) in [5.41, 5.74) is 3.39. The molecule has 1 aliphatic rings. The lowest BCUT2D eigenvalue weighted by Gasteiger charge is -2.33. The van der Waals surface area contributed by atoms with Crippen molar-refractivity contribution in [2.24, 2.45) is 0 Å². The maximum atomic E-state index is 13.1. The van der Waals surface area contributed by atoms with Crippen LogP contribution in [0.15, 0.2) is 60.1 Å². The summed E-state index contributed by atoms with van der Waals surface area (Å²) in [6.45, 7) is 18.5. The molecule has 0 atom stereocenters. The zero-order valence-electron chi connectivity index (χ0n) is 34.9.